The lowest BCUT2D eigenvalue weighted by molar-refractivity contribution is -0.264. The summed E-state index contributed by atoms with van der Waals surface area (Å²) in [5.74, 6) is 7.38. The van der Waals surface area contributed by atoms with Crippen molar-refractivity contribution in [3.05, 3.63) is 0 Å². The van der Waals surface area contributed by atoms with Crippen LogP contribution in [0, 0.1) is 69.0 Å². The normalized spacial score (nSPS) is 60.1. The maximum Gasteiger partial charge on any atom is 0.168 e. The largest absolute Gasteiger partial charge is 0.393 e. The Morgan fingerprint density at radius 2 is 1.04 bits per heavy atom. The minimum atomic E-state index is -0.259. The summed E-state index contributed by atoms with van der Waals surface area (Å²) in [4.78, 5) is 0. The Morgan fingerprint density at radius 1 is 0.531 bits per heavy atom. The maximum atomic E-state index is 10.5. The number of methoxy groups -OCH3 is 1. The second-order valence-corrected chi connectivity index (χ2v) is 24.3. The quantitative estimate of drug-likeness (QED) is 0.233. The molecule has 0 aromatic rings. The first-order valence-corrected chi connectivity index (χ1v) is 23.6. The van der Waals surface area contributed by atoms with Crippen molar-refractivity contribution in [1.29, 1.82) is 0 Å². The highest BCUT2D eigenvalue weighted by atomic mass is 32.2. The minimum Gasteiger partial charge on any atom is -0.393 e. The first-order chi connectivity index (χ1) is 23.5. The molecule has 2 heterocycles. The van der Waals surface area contributed by atoms with Gasteiger partial charge < -0.3 is 14.6 Å². The summed E-state index contributed by atoms with van der Waals surface area (Å²) in [6.07, 6.45) is 27.9. The lowest BCUT2D eigenvalue weighted by atomic mass is 9.45. The number of hydrogen-bond donors (Lipinski definition) is 1. The Morgan fingerprint density at radius 3 is 1.61 bits per heavy atom. The van der Waals surface area contributed by atoms with Crippen LogP contribution >= 0.6 is 23.5 Å². The van der Waals surface area contributed by atoms with Gasteiger partial charge in [-0.05, 0) is 185 Å². The van der Waals surface area contributed by atoms with Crippen molar-refractivity contribution < 1.29 is 14.6 Å². The molecule has 0 amide bonds. The van der Waals surface area contributed by atoms with Crippen molar-refractivity contribution >= 4 is 23.5 Å². The standard InChI is InChI=1S/C25H40O2S.C19H30OS/c1-23-13-10-19-17(7-6-16-14-20-21(28-20)15-24(16,19)2)18(23)8-9-22(23)27-25(26-3)11-4-5-12-25;1-18-8-7-14-12(13(18)5-6-17(18)20)4-3-11-9-15-16(21-15)10-19(11,14)2/h16-22H,4-15H2,1-3H3;11-17,20H,3-10H2,1-2H3/t16-,17-,18-,19-,20-,21+,22-,23-,24-;11-,12-,13-,14-,15-,16+,17-,18-,19-/m00/s1. The molecule has 18 atom stereocenters. The van der Waals surface area contributed by atoms with E-state index in [0.29, 0.717) is 22.3 Å². The van der Waals surface area contributed by atoms with E-state index in [2.05, 4.69) is 51.2 Å². The van der Waals surface area contributed by atoms with Crippen molar-refractivity contribution in [2.45, 2.75) is 195 Å². The molecular formula is C44H70O3S2. The molecular weight excluding hydrogens is 641 g/mol. The molecule has 0 bridgehead atoms. The van der Waals surface area contributed by atoms with E-state index in [9.17, 15) is 5.11 Å². The zero-order valence-corrected chi connectivity index (χ0v) is 33.4. The molecule has 11 aliphatic rings. The third-order valence-corrected chi connectivity index (χ3v) is 22.6. The van der Waals surface area contributed by atoms with Crippen LogP contribution in [0.2, 0.25) is 0 Å². The van der Waals surface area contributed by atoms with E-state index < -0.39 is 0 Å². The average Bonchev–Trinajstić information content (AvgIpc) is 3.88. The van der Waals surface area contributed by atoms with Crippen LogP contribution in [0.15, 0.2) is 0 Å². The molecule has 0 unspecified atom stereocenters. The van der Waals surface area contributed by atoms with Gasteiger partial charge in [-0.3, -0.25) is 0 Å². The summed E-state index contributed by atoms with van der Waals surface area (Å²) in [6.45, 7) is 10.4. The predicted octanol–water partition coefficient (Wildman–Crippen LogP) is 10.9. The Balaban J connectivity index is 0.000000130. The highest BCUT2D eigenvalue weighted by molar-refractivity contribution is 8.08. The molecule has 11 rings (SSSR count). The first-order valence-electron chi connectivity index (χ1n) is 21.7. The van der Waals surface area contributed by atoms with E-state index in [1.807, 2.05) is 7.11 Å². The van der Waals surface area contributed by atoms with Crippen LogP contribution in [0.3, 0.4) is 0 Å². The van der Waals surface area contributed by atoms with Gasteiger partial charge in [0, 0.05) is 41.0 Å². The fraction of sp³-hybridized carbons (Fsp3) is 1.00. The zero-order valence-electron chi connectivity index (χ0n) is 31.8. The van der Waals surface area contributed by atoms with Gasteiger partial charge >= 0.3 is 0 Å². The molecule has 0 radical (unpaired) electrons. The molecule has 1 N–H and O–H groups in total. The van der Waals surface area contributed by atoms with E-state index in [1.165, 1.54) is 103 Å². The topological polar surface area (TPSA) is 38.7 Å². The SMILES string of the molecule is COC1(O[C@H]2CC[C@H]3[C@@H]4CC[C@H]5C[C@@H]6S[C@@H]6C[C@]5(C)[C@H]4CC[C@]23C)CCCC1.C[C@]12C[C@H]3S[C@H]3C[C@@H]1CC[C@@H]1[C@@H]2CC[C@]2(C)[C@@H](O)CC[C@@H]12. The number of aliphatic hydroxyl groups excluding tert-OH is 1. The first kappa shape index (κ1) is 34.1. The molecule has 0 aromatic carbocycles. The number of fused-ring (bicyclic) bond motifs is 12. The molecule has 0 aromatic heterocycles. The molecule has 2 aliphatic heterocycles. The van der Waals surface area contributed by atoms with Crippen LogP contribution in [-0.4, -0.2) is 51.2 Å². The zero-order chi connectivity index (χ0) is 33.6. The number of thioether (sulfide) groups is 2. The van der Waals surface area contributed by atoms with Gasteiger partial charge in [0.1, 0.15) is 0 Å². The molecule has 5 heteroatoms. The number of hydrogen-bond acceptors (Lipinski definition) is 5. The van der Waals surface area contributed by atoms with Gasteiger partial charge in [-0.15, -0.1) is 0 Å². The lowest BCUT2D eigenvalue weighted by Crippen LogP contribution is -2.55. The Hall–Kier alpha value is 0.580. The Kier molecular flexibility index (Phi) is 8.20. The monoisotopic (exact) mass is 710 g/mol. The van der Waals surface area contributed by atoms with Gasteiger partial charge in [0.2, 0.25) is 0 Å². The van der Waals surface area contributed by atoms with Crippen LogP contribution in [-0.2, 0) is 9.47 Å². The molecule has 3 nitrogen and oxygen atoms in total. The van der Waals surface area contributed by atoms with E-state index in [0.717, 1.165) is 87.6 Å². The van der Waals surface area contributed by atoms with Gasteiger partial charge in [-0.2, -0.15) is 23.5 Å². The van der Waals surface area contributed by atoms with Crippen LogP contribution in [0.4, 0.5) is 0 Å². The van der Waals surface area contributed by atoms with Crippen molar-refractivity contribution in [3.63, 3.8) is 0 Å². The van der Waals surface area contributed by atoms with E-state index in [1.54, 1.807) is 6.42 Å². The number of aliphatic hydroxyl groups is 1. The highest BCUT2D eigenvalue weighted by Crippen LogP contribution is 2.72. The maximum absolute atomic E-state index is 10.5. The lowest BCUT2D eigenvalue weighted by Gasteiger charge is -2.60. The van der Waals surface area contributed by atoms with Gasteiger partial charge in [0.05, 0.1) is 12.2 Å². The summed E-state index contributed by atoms with van der Waals surface area (Å²) >= 11 is 4.59. The fourth-order valence-corrected chi connectivity index (χ4v) is 19.4. The van der Waals surface area contributed by atoms with Crippen molar-refractivity contribution in [1.82, 2.24) is 0 Å². The smallest absolute Gasteiger partial charge is 0.168 e. The number of rotatable bonds is 3. The van der Waals surface area contributed by atoms with Crippen molar-refractivity contribution in [2.75, 3.05) is 7.11 Å². The molecule has 11 fully saturated rings. The molecule has 0 spiro atoms. The summed E-state index contributed by atoms with van der Waals surface area (Å²) in [5, 5.41) is 14.7. The van der Waals surface area contributed by atoms with Gasteiger partial charge in [0.25, 0.3) is 0 Å². The van der Waals surface area contributed by atoms with Gasteiger partial charge in [0.15, 0.2) is 5.79 Å². The van der Waals surface area contributed by atoms with Crippen LogP contribution in [0.5, 0.6) is 0 Å². The highest BCUT2D eigenvalue weighted by Gasteiger charge is 2.65. The third kappa shape index (κ3) is 5.11. The van der Waals surface area contributed by atoms with Gasteiger partial charge in [-0.1, -0.05) is 27.7 Å². The van der Waals surface area contributed by atoms with Crippen molar-refractivity contribution in [3.8, 4) is 0 Å². The summed E-state index contributed by atoms with van der Waals surface area (Å²) in [7, 11) is 1.88. The fourth-order valence-electron chi connectivity index (χ4n) is 16.7. The van der Waals surface area contributed by atoms with E-state index >= 15 is 0 Å². The average molecular weight is 711 g/mol. The second kappa shape index (κ2) is 11.8. The Bertz CT molecular complexity index is 1280. The third-order valence-electron chi connectivity index (χ3n) is 19.8. The molecule has 49 heavy (non-hydrogen) atoms. The molecule has 9 saturated carbocycles. The predicted molar refractivity (Wildman–Crippen MR) is 204 cm³/mol. The van der Waals surface area contributed by atoms with E-state index in [-0.39, 0.29) is 17.3 Å². The van der Waals surface area contributed by atoms with Gasteiger partial charge in [-0.25, -0.2) is 0 Å². The van der Waals surface area contributed by atoms with Crippen LogP contribution < -0.4 is 0 Å². The second-order valence-electron chi connectivity index (χ2n) is 21.3. The van der Waals surface area contributed by atoms with Crippen LogP contribution in [0.1, 0.15) is 156 Å². The van der Waals surface area contributed by atoms with Crippen LogP contribution in [0.25, 0.3) is 0 Å². The molecule has 2 saturated heterocycles. The summed E-state index contributed by atoms with van der Waals surface area (Å²) in [5.41, 5.74) is 1.94. The van der Waals surface area contributed by atoms with Crippen molar-refractivity contribution in [2.24, 2.45) is 69.0 Å². The summed E-state index contributed by atoms with van der Waals surface area (Å²) in [6, 6.07) is 0. The Labute approximate surface area is 308 Å². The van der Waals surface area contributed by atoms with E-state index in [4.69, 9.17) is 9.47 Å². The minimum absolute atomic E-state index is 0.0105. The molecule has 276 valence electrons. The summed E-state index contributed by atoms with van der Waals surface area (Å²) < 4.78 is 12.9. The number of ether oxygens (including phenoxy) is 2. The molecule has 9 aliphatic carbocycles.